The van der Waals surface area contributed by atoms with Gasteiger partial charge in [0, 0.05) is 11.5 Å². The van der Waals surface area contributed by atoms with Gasteiger partial charge in [0.1, 0.15) is 30.3 Å². The molecule has 2 aliphatic rings. The van der Waals surface area contributed by atoms with Crippen molar-refractivity contribution >= 4 is 5.97 Å². The van der Waals surface area contributed by atoms with Crippen LogP contribution in [0.25, 0.3) is 0 Å². The summed E-state index contributed by atoms with van der Waals surface area (Å²) in [4.78, 5) is 12.5. The van der Waals surface area contributed by atoms with E-state index in [1.54, 1.807) is 6.92 Å². The Kier molecular flexibility index (Phi) is 8.29. The van der Waals surface area contributed by atoms with Gasteiger partial charge < -0.3 is 34.6 Å². The third-order valence-corrected chi connectivity index (χ3v) is 7.56. The molecule has 34 heavy (non-hydrogen) atoms. The second-order valence-corrected chi connectivity index (χ2v) is 9.93. The van der Waals surface area contributed by atoms with Gasteiger partial charge >= 0.3 is 5.97 Å². The summed E-state index contributed by atoms with van der Waals surface area (Å²) in [5.74, 6) is -1.44. The topological polar surface area (TPSA) is 126 Å². The van der Waals surface area contributed by atoms with Crippen LogP contribution in [0.1, 0.15) is 69.3 Å². The Balaban J connectivity index is 1.69. The number of rotatable bonds is 7. The Bertz CT molecular complexity index is 889. The molecule has 0 bridgehead atoms. The van der Waals surface area contributed by atoms with E-state index in [9.17, 15) is 25.2 Å². The summed E-state index contributed by atoms with van der Waals surface area (Å²) >= 11 is 0. The smallest absolute Gasteiger partial charge is 0.338 e. The maximum Gasteiger partial charge on any atom is 0.338 e. The number of aromatic hydroxyl groups is 2. The maximum absolute atomic E-state index is 12.5. The molecule has 7 atom stereocenters. The number of carbonyl (C=O) groups is 1. The molecule has 8 heteroatoms. The average Bonchev–Trinajstić information content (AvgIpc) is 2.81. The van der Waals surface area contributed by atoms with E-state index in [2.05, 4.69) is 26.8 Å². The highest BCUT2D eigenvalue weighted by Crippen LogP contribution is 2.40. The minimum atomic E-state index is -1.27. The van der Waals surface area contributed by atoms with Crippen molar-refractivity contribution in [3.8, 4) is 11.5 Å². The normalized spacial score (nSPS) is 31.4. The van der Waals surface area contributed by atoms with Gasteiger partial charge in [0.25, 0.3) is 0 Å². The van der Waals surface area contributed by atoms with Gasteiger partial charge in [-0.25, -0.2) is 4.79 Å². The van der Waals surface area contributed by atoms with Crippen LogP contribution in [-0.2, 0) is 14.2 Å². The number of allylic oxidation sites excluding steroid dienone is 2. The van der Waals surface area contributed by atoms with Crippen LogP contribution in [-0.4, -0.2) is 63.2 Å². The van der Waals surface area contributed by atoms with E-state index in [0.29, 0.717) is 5.92 Å². The molecule has 3 unspecified atom stereocenters. The van der Waals surface area contributed by atoms with E-state index in [1.807, 2.05) is 0 Å². The summed E-state index contributed by atoms with van der Waals surface area (Å²) in [6.45, 7) is 9.21. The third kappa shape index (κ3) is 5.57. The van der Waals surface area contributed by atoms with Crippen molar-refractivity contribution < 1.29 is 39.4 Å². The molecule has 4 N–H and O–H groups in total. The first kappa shape index (κ1) is 26.5. The summed E-state index contributed by atoms with van der Waals surface area (Å²) in [5.41, 5.74) is 1.12. The molecule has 0 saturated carbocycles. The SMILES string of the molecule is CCC(C)(O[C@@H]1O[C@H](COC(=O)c2cc(O)c(C)c(O)c2)[C@@H](O)C(O)[C@H]1C)C1CC=C(C)CC1. The molecule has 0 amide bonds. The molecule has 1 aliphatic heterocycles. The summed E-state index contributed by atoms with van der Waals surface area (Å²) in [6, 6.07) is 2.40. The zero-order chi connectivity index (χ0) is 25.2. The monoisotopic (exact) mass is 478 g/mol. The molecule has 1 aromatic carbocycles. The first-order valence-corrected chi connectivity index (χ1v) is 12.0. The first-order valence-electron chi connectivity index (χ1n) is 12.0. The van der Waals surface area contributed by atoms with Crippen LogP contribution in [0.2, 0.25) is 0 Å². The second kappa shape index (κ2) is 10.6. The lowest BCUT2D eigenvalue weighted by Gasteiger charge is -2.47. The molecular formula is C26H38O8. The van der Waals surface area contributed by atoms with Crippen LogP contribution in [0.3, 0.4) is 0 Å². The maximum atomic E-state index is 12.5. The van der Waals surface area contributed by atoms with Crippen LogP contribution in [0, 0.1) is 18.8 Å². The van der Waals surface area contributed by atoms with Crippen molar-refractivity contribution in [3.63, 3.8) is 0 Å². The van der Waals surface area contributed by atoms with Crippen molar-refractivity contribution in [2.45, 2.75) is 90.5 Å². The fourth-order valence-corrected chi connectivity index (χ4v) is 4.64. The number of phenolic OH excluding ortho intramolecular Hbond substituents is 2. The molecule has 0 spiro atoms. The molecule has 8 nitrogen and oxygen atoms in total. The van der Waals surface area contributed by atoms with Gasteiger partial charge in [-0.15, -0.1) is 0 Å². The number of benzene rings is 1. The Morgan fingerprint density at radius 3 is 2.38 bits per heavy atom. The molecule has 190 valence electrons. The third-order valence-electron chi connectivity index (χ3n) is 7.56. The lowest BCUT2D eigenvalue weighted by atomic mass is 9.77. The van der Waals surface area contributed by atoms with Gasteiger partial charge in [-0.05, 0) is 64.5 Å². The standard InChI is InChI=1S/C26H38O8/c1-6-26(5,18-9-7-14(2)8-10-18)34-25-16(4)22(29)23(30)21(33-25)13-32-24(31)17-11-19(27)15(3)20(28)12-17/h7,11-12,16,18,21-23,25,27-30H,6,8-10,13H2,1-5H3/t16-,18?,21-,22?,23-,25+,26?/m1/s1. The number of ether oxygens (including phenoxy) is 3. The van der Waals surface area contributed by atoms with Crippen molar-refractivity contribution in [1.82, 2.24) is 0 Å². The van der Waals surface area contributed by atoms with Crippen LogP contribution < -0.4 is 0 Å². The van der Waals surface area contributed by atoms with Gasteiger partial charge in [0.05, 0.1) is 17.3 Å². The number of carbonyl (C=O) groups excluding carboxylic acids is 1. The molecule has 3 rings (SSSR count). The van der Waals surface area contributed by atoms with Crippen molar-refractivity contribution in [1.29, 1.82) is 0 Å². The lowest BCUT2D eigenvalue weighted by molar-refractivity contribution is -0.316. The van der Waals surface area contributed by atoms with Crippen LogP contribution in [0.5, 0.6) is 11.5 Å². The number of esters is 1. The zero-order valence-corrected chi connectivity index (χ0v) is 20.7. The Labute approximate surface area is 201 Å². The quantitative estimate of drug-likeness (QED) is 0.346. The van der Waals surface area contributed by atoms with Gasteiger partial charge in [0.2, 0.25) is 0 Å². The van der Waals surface area contributed by atoms with Gasteiger partial charge in [-0.2, -0.15) is 0 Å². The number of phenols is 2. The molecule has 1 fully saturated rings. The van der Waals surface area contributed by atoms with E-state index >= 15 is 0 Å². The molecule has 0 aromatic heterocycles. The van der Waals surface area contributed by atoms with E-state index in [-0.39, 0.29) is 29.2 Å². The highest BCUT2D eigenvalue weighted by Gasteiger charge is 2.47. The van der Waals surface area contributed by atoms with Gasteiger partial charge in [-0.1, -0.05) is 25.5 Å². The van der Waals surface area contributed by atoms with E-state index in [4.69, 9.17) is 14.2 Å². The first-order chi connectivity index (χ1) is 16.0. The summed E-state index contributed by atoms with van der Waals surface area (Å²) in [6.07, 6.45) is 1.78. The molecule has 1 saturated heterocycles. The van der Waals surface area contributed by atoms with Crippen LogP contribution in [0.15, 0.2) is 23.8 Å². The van der Waals surface area contributed by atoms with Crippen LogP contribution >= 0.6 is 0 Å². The molecular weight excluding hydrogens is 440 g/mol. The Morgan fingerprint density at radius 2 is 1.82 bits per heavy atom. The zero-order valence-electron chi connectivity index (χ0n) is 20.7. The minimum Gasteiger partial charge on any atom is -0.508 e. The average molecular weight is 479 g/mol. The number of aliphatic hydroxyl groups is 2. The highest BCUT2D eigenvalue weighted by atomic mass is 16.7. The van der Waals surface area contributed by atoms with Crippen LogP contribution in [0.4, 0.5) is 0 Å². The molecule has 1 aromatic rings. The number of hydrogen-bond donors (Lipinski definition) is 4. The van der Waals surface area contributed by atoms with Crippen molar-refractivity contribution in [2.24, 2.45) is 11.8 Å². The van der Waals surface area contributed by atoms with Gasteiger partial charge in [-0.3, -0.25) is 0 Å². The van der Waals surface area contributed by atoms with E-state index in [0.717, 1.165) is 25.7 Å². The van der Waals surface area contributed by atoms with E-state index < -0.39 is 42.1 Å². The molecule has 1 heterocycles. The summed E-state index contributed by atoms with van der Waals surface area (Å²) in [7, 11) is 0. The minimum absolute atomic E-state index is 0.0354. The fourth-order valence-electron chi connectivity index (χ4n) is 4.64. The predicted molar refractivity (Wildman–Crippen MR) is 126 cm³/mol. The Morgan fingerprint density at radius 1 is 1.18 bits per heavy atom. The van der Waals surface area contributed by atoms with Crippen molar-refractivity contribution in [3.05, 3.63) is 34.9 Å². The summed E-state index contributed by atoms with van der Waals surface area (Å²) < 4.78 is 17.8. The number of aliphatic hydroxyl groups excluding tert-OH is 2. The van der Waals surface area contributed by atoms with E-state index in [1.165, 1.54) is 24.6 Å². The predicted octanol–water partition coefficient (Wildman–Crippen LogP) is 3.58. The molecule has 1 aliphatic carbocycles. The number of hydrogen-bond acceptors (Lipinski definition) is 8. The molecule has 0 radical (unpaired) electrons. The Hall–Kier alpha value is -2.13. The van der Waals surface area contributed by atoms with Crippen molar-refractivity contribution in [2.75, 3.05) is 6.61 Å². The second-order valence-electron chi connectivity index (χ2n) is 9.93. The van der Waals surface area contributed by atoms with Gasteiger partial charge in [0.15, 0.2) is 6.29 Å². The summed E-state index contributed by atoms with van der Waals surface area (Å²) in [5, 5.41) is 40.9. The highest BCUT2D eigenvalue weighted by molar-refractivity contribution is 5.90. The largest absolute Gasteiger partial charge is 0.508 e. The lowest BCUT2D eigenvalue weighted by Crippen LogP contribution is -2.58. The fraction of sp³-hybridized carbons (Fsp3) is 0.654.